The van der Waals surface area contributed by atoms with Gasteiger partial charge < -0.3 is 25.4 Å². The first-order chi connectivity index (χ1) is 16.8. The van der Waals surface area contributed by atoms with Gasteiger partial charge in [0.05, 0.1) is 17.7 Å². The Morgan fingerprint density at radius 2 is 1.66 bits per heavy atom. The lowest BCUT2D eigenvalue weighted by Crippen LogP contribution is -2.39. The number of carbonyl (C=O) groups excluding carboxylic acids is 2. The molecule has 3 N–H and O–H groups in total. The molecule has 3 aromatic carbocycles. The van der Waals surface area contributed by atoms with Crippen LogP contribution in [0.5, 0.6) is 11.5 Å². The number of rotatable bonds is 9. The van der Waals surface area contributed by atoms with Gasteiger partial charge in [-0.15, -0.1) is 0 Å². The van der Waals surface area contributed by atoms with E-state index in [9.17, 15) is 28.5 Å². The summed E-state index contributed by atoms with van der Waals surface area (Å²) in [5.41, 5.74) is 0.489. The molecule has 0 aromatic heterocycles. The van der Waals surface area contributed by atoms with Crippen LogP contribution in [-0.4, -0.2) is 30.6 Å². The Balaban J connectivity index is 1.78. The van der Waals surface area contributed by atoms with E-state index in [2.05, 4.69) is 20.7 Å². The number of nitro groups is 1. The van der Waals surface area contributed by atoms with Crippen molar-refractivity contribution in [3.63, 3.8) is 0 Å². The number of methoxy groups -OCH3 is 1. The predicted octanol–water partition coefficient (Wildman–Crippen LogP) is 4.71. The van der Waals surface area contributed by atoms with E-state index < -0.39 is 29.5 Å². The second-order valence-corrected chi connectivity index (χ2v) is 6.98. The molecular weight excluding hydrogens is 466 g/mol. The molecule has 3 aromatic rings. The van der Waals surface area contributed by atoms with Gasteiger partial charge in [0.2, 0.25) is 0 Å². The third kappa shape index (κ3) is 6.87. The Hall–Kier alpha value is -4.74. The minimum atomic E-state index is -2.98. The van der Waals surface area contributed by atoms with Crippen molar-refractivity contribution in [2.24, 2.45) is 0 Å². The van der Waals surface area contributed by atoms with Crippen molar-refractivity contribution in [2.75, 3.05) is 17.7 Å². The van der Waals surface area contributed by atoms with Crippen LogP contribution in [-0.2, 0) is 4.79 Å². The van der Waals surface area contributed by atoms with Crippen molar-refractivity contribution >= 4 is 29.0 Å². The zero-order chi connectivity index (χ0) is 25.4. The average molecular weight is 486 g/mol. The van der Waals surface area contributed by atoms with Gasteiger partial charge in [0.15, 0.2) is 0 Å². The van der Waals surface area contributed by atoms with Crippen molar-refractivity contribution in [2.45, 2.75) is 12.7 Å². The number of urea groups is 1. The molecule has 1 atom stereocenters. The summed E-state index contributed by atoms with van der Waals surface area (Å²) in [6.45, 7) is -2.98. The number of anilines is 2. The highest BCUT2D eigenvalue weighted by Crippen LogP contribution is 2.29. The number of hydrogen-bond acceptors (Lipinski definition) is 6. The second-order valence-electron chi connectivity index (χ2n) is 6.98. The lowest BCUT2D eigenvalue weighted by Gasteiger charge is -2.20. The Labute approximate surface area is 198 Å². The molecule has 10 nitrogen and oxygen atoms in total. The predicted molar refractivity (Wildman–Crippen MR) is 123 cm³/mol. The number of amides is 3. The van der Waals surface area contributed by atoms with Crippen LogP contribution in [0, 0.1) is 10.1 Å². The quantitative estimate of drug-likeness (QED) is 0.297. The third-order valence-electron chi connectivity index (χ3n) is 4.66. The zero-order valence-corrected chi connectivity index (χ0v) is 18.2. The SMILES string of the molecule is COc1ccc([N+](=O)[O-])cc1NC(=O)NC(C(=O)Nc1ccc(OC(F)F)cc1)c1ccccc1. The smallest absolute Gasteiger partial charge is 0.387 e. The highest BCUT2D eigenvalue weighted by atomic mass is 19.3. The first-order valence-corrected chi connectivity index (χ1v) is 10.1. The molecule has 0 aliphatic carbocycles. The third-order valence-corrected chi connectivity index (χ3v) is 4.66. The summed E-state index contributed by atoms with van der Waals surface area (Å²) < 4.78 is 34.1. The van der Waals surface area contributed by atoms with Crippen molar-refractivity contribution in [1.29, 1.82) is 0 Å². The Bertz CT molecular complexity index is 1190. The molecule has 0 aliphatic heterocycles. The lowest BCUT2D eigenvalue weighted by molar-refractivity contribution is -0.384. The number of nitrogens with zero attached hydrogens (tertiary/aromatic N) is 1. The van der Waals surface area contributed by atoms with Gasteiger partial charge in [-0.25, -0.2) is 4.79 Å². The van der Waals surface area contributed by atoms with Crippen LogP contribution in [0.15, 0.2) is 72.8 Å². The molecule has 0 spiro atoms. The summed E-state index contributed by atoms with van der Waals surface area (Å²) in [7, 11) is 1.34. The number of carbonyl (C=O) groups is 2. The van der Waals surface area contributed by atoms with E-state index in [0.29, 0.717) is 5.56 Å². The van der Waals surface area contributed by atoms with Gasteiger partial charge in [0.1, 0.15) is 17.5 Å². The summed E-state index contributed by atoms with van der Waals surface area (Å²) in [5.74, 6) is -0.529. The van der Waals surface area contributed by atoms with Crippen LogP contribution in [0.1, 0.15) is 11.6 Å². The molecule has 0 fully saturated rings. The normalized spacial score (nSPS) is 11.3. The molecule has 0 radical (unpaired) electrons. The molecule has 0 bridgehead atoms. The average Bonchev–Trinajstić information content (AvgIpc) is 2.83. The fourth-order valence-corrected chi connectivity index (χ4v) is 3.08. The molecule has 35 heavy (non-hydrogen) atoms. The summed E-state index contributed by atoms with van der Waals surface area (Å²) in [4.78, 5) is 36.2. The minimum Gasteiger partial charge on any atom is -0.495 e. The van der Waals surface area contributed by atoms with Crippen molar-refractivity contribution in [3.8, 4) is 11.5 Å². The summed E-state index contributed by atoms with van der Waals surface area (Å²) >= 11 is 0. The minimum absolute atomic E-state index is 0.0287. The van der Waals surface area contributed by atoms with Crippen molar-refractivity contribution < 1.29 is 32.8 Å². The fourth-order valence-electron chi connectivity index (χ4n) is 3.08. The van der Waals surface area contributed by atoms with Crippen LogP contribution >= 0.6 is 0 Å². The summed E-state index contributed by atoms with van der Waals surface area (Å²) in [5, 5.41) is 18.7. The standard InChI is InChI=1S/C23H20F2N4O6/c1-34-19-12-9-16(29(32)33)13-18(19)27-23(31)28-20(14-5-3-2-4-6-14)21(30)26-15-7-10-17(11-8-15)35-22(24)25/h2-13,20,22H,1H3,(H,26,30)(H2,27,28,31). The van der Waals surface area contributed by atoms with E-state index in [0.717, 1.165) is 6.07 Å². The van der Waals surface area contributed by atoms with Gasteiger partial charge in [-0.1, -0.05) is 30.3 Å². The molecule has 0 aliphatic rings. The summed E-state index contributed by atoms with van der Waals surface area (Å²) in [6.07, 6.45) is 0. The van der Waals surface area contributed by atoms with E-state index >= 15 is 0 Å². The fraction of sp³-hybridized carbons (Fsp3) is 0.130. The maximum absolute atomic E-state index is 13.0. The number of alkyl halides is 2. The van der Waals surface area contributed by atoms with Gasteiger partial charge in [0.25, 0.3) is 11.6 Å². The van der Waals surface area contributed by atoms with Crippen LogP contribution in [0.25, 0.3) is 0 Å². The molecule has 0 saturated heterocycles. The molecule has 3 rings (SSSR count). The number of nitrogens with one attached hydrogen (secondary N) is 3. The van der Waals surface area contributed by atoms with Crippen LogP contribution in [0.4, 0.5) is 30.6 Å². The first kappa shape index (κ1) is 24.9. The Morgan fingerprint density at radius 1 is 0.971 bits per heavy atom. The Kier molecular flexibility index (Phi) is 8.11. The number of hydrogen-bond donors (Lipinski definition) is 3. The number of halogens is 2. The van der Waals surface area contributed by atoms with Gasteiger partial charge >= 0.3 is 12.6 Å². The van der Waals surface area contributed by atoms with Gasteiger partial charge in [-0.2, -0.15) is 8.78 Å². The maximum Gasteiger partial charge on any atom is 0.387 e. The monoisotopic (exact) mass is 486 g/mol. The van der Waals surface area contributed by atoms with Crippen LogP contribution in [0.2, 0.25) is 0 Å². The van der Waals surface area contributed by atoms with Crippen molar-refractivity contribution in [3.05, 3.63) is 88.5 Å². The largest absolute Gasteiger partial charge is 0.495 e. The van der Waals surface area contributed by atoms with Gasteiger partial charge in [0, 0.05) is 17.8 Å². The van der Waals surface area contributed by atoms with Crippen LogP contribution in [0.3, 0.4) is 0 Å². The van der Waals surface area contributed by atoms with E-state index in [1.165, 1.54) is 43.5 Å². The highest BCUT2D eigenvalue weighted by Gasteiger charge is 2.24. The number of non-ortho nitro benzene ring substituents is 1. The number of ether oxygens (including phenoxy) is 2. The summed E-state index contributed by atoms with van der Waals surface area (Å²) in [6, 6.07) is 15.3. The van der Waals surface area contributed by atoms with E-state index in [1.54, 1.807) is 30.3 Å². The van der Waals surface area contributed by atoms with E-state index in [4.69, 9.17) is 4.74 Å². The zero-order valence-electron chi connectivity index (χ0n) is 18.2. The number of nitro benzene ring substituents is 1. The second kappa shape index (κ2) is 11.4. The Morgan fingerprint density at radius 3 is 2.26 bits per heavy atom. The molecule has 0 saturated carbocycles. The van der Waals surface area contributed by atoms with E-state index in [1.807, 2.05) is 0 Å². The van der Waals surface area contributed by atoms with E-state index in [-0.39, 0.29) is 28.6 Å². The maximum atomic E-state index is 13.0. The topological polar surface area (TPSA) is 132 Å². The molecule has 0 heterocycles. The molecule has 3 amide bonds. The highest BCUT2D eigenvalue weighted by molar-refractivity contribution is 6.00. The first-order valence-electron chi connectivity index (χ1n) is 10.1. The van der Waals surface area contributed by atoms with Crippen LogP contribution < -0.4 is 25.4 Å². The number of benzene rings is 3. The molecular formula is C23H20F2N4O6. The molecule has 12 heteroatoms. The van der Waals surface area contributed by atoms with Crippen molar-refractivity contribution in [1.82, 2.24) is 5.32 Å². The van der Waals surface area contributed by atoms with Gasteiger partial charge in [-0.05, 0) is 35.9 Å². The molecule has 182 valence electrons. The van der Waals surface area contributed by atoms with Gasteiger partial charge in [-0.3, -0.25) is 14.9 Å². The molecule has 1 unspecified atom stereocenters. The lowest BCUT2D eigenvalue weighted by atomic mass is 10.1.